The standard InChI is InChI=1S/C10H9NO.2ClH/c12-7-9-3-1-2-8-6-11-5-4-10(8)9;;/h1-6,12H,7H2;2*1H. The number of hydrogen-bond donors (Lipinski definition) is 1. The highest BCUT2D eigenvalue weighted by Crippen LogP contribution is 2.16. The number of aliphatic hydroxyl groups excluding tert-OH is 1. The van der Waals surface area contributed by atoms with Crippen LogP contribution < -0.4 is 0 Å². The van der Waals surface area contributed by atoms with Gasteiger partial charge in [-0.25, -0.2) is 0 Å². The van der Waals surface area contributed by atoms with E-state index in [-0.39, 0.29) is 31.4 Å². The van der Waals surface area contributed by atoms with E-state index in [0.717, 1.165) is 16.3 Å². The number of aromatic nitrogens is 1. The maximum Gasteiger partial charge on any atom is 0.0687 e. The summed E-state index contributed by atoms with van der Waals surface area (Å²) in [5.74, 6) is 0. The monoisotopic (exact) mass is 231 g/mol. The highest BCUT2D eigenvalue weighted by atomic mass is 35.5. The average molecular weight is 232 g/mol. The van der Waals surface area contributed by atoms with Gasteiger partial charge in [-0.15, -0.1) is 24.8 Å². The summed E-state index contributed by atoms with van der Waals surface area (Å²) in [5, 5.41) is 11.2. The van der Waals surface area contributed by atoms with Crippen LogP contribution in [-0.2, 0) is 6.61 Å². The normalized spacial score (nSPS) is 8.93. The Morgan fingerprint density at radius 2 is 1.93 bits per heavy atom. The molecule has 14 heavy (non-hydrogen) atoms. The topological polar surface area (TPSA) is 33.1 Å². The maximum absolute atomic E-state index is 9.02. The number of benzene rings is 1. The van der Waals surface area contributed by atoms with Crippen LogP contribution in [-0.4, -0.2) is 10.1 Å². The molecular weight excluding hydrogens is 221 g/mol. The molecule has 2 aromatic rings. The van der Waals surface area contributed by atoms with Crippen LogP contribution in [0.2, 0.25) is 0 Å². The van der Waals surface area contributed by atoms with Gasteiger partial charge in [0.2, 0.25) is 0 Å². The fourth-order valence-corrected chi connectivity index (χ4v) is 1.33. The van der Waals surface area contributed by atoms with Gasteiger partial charge in [0.25, 0.3) is 0 Å². The first-order valence-corrected chi connectivity index (χ1v) is 3.84. The van der Waals surface area contributed by atoms with E-state index in [2.05, 4.69) is 4.98 Å². The Morgan fingerprint density at radius 3 is 2.64 bits per heavy atom. The summed E-state index contributed by atoms with van der Waals surface area (Å²) >= 11 is 0. The minimum absolute atomic E-state index is 0. The highest BCUT2D eigenvalue weighted by Gasteiger charge is 1.97. The van der Waals surface area contributed by atoms with Crippen molar-refractivity contribution in [3.05, 3.63) is 42.2 Å². The molecule has 1 aromatic heterocycles. The molecule has 0 saturated carbocycles. The molecule has 0 aliphatic rings. The highest BCUT2D eigenvalue weighted by molar-refractivity contribution is 5.86. The third kappa shape index (κ3) is 2.35. The molecule has 4 heteroatoms. The van der Waals surface area contributed by atoms with Crippen molar-refractivity contribution < 1.29 is 5.11 Å². The zero-order valence-electron chi connectivity index (χ0n) is 7.38. The number of pyridine rings is 1. The molecule has 0 amide bonds. The number of hydrogen-bond acceptors (Lipinski definition) is 2. The molecule has 76 valence electrons. The first-order valence-electron chi connectivity index (χ1n) is 3.84. The molecule has 1 heterocycles. The molecule has 0 aliphatic heterocycles. The fourth-order valence-electron chi connectivity index (χ4n) is 1.33. The van der Waals surface area contributed by atoms with E-state index in [1.54, 1.807) is 12.4 Å². The van der Waals surface area contributed by atoms with Gasteiger partial charge in [-0.1, -0.05) is 18.2 Å². The Kier molecular flexibility index (Phi) is 5.46. The predicted molar refractivity (Wildman–Crippen MR) is 62.2 cm³/mol. The van der Waals surface area contributed by atoms with Gasteiger partial charge in [0, 0.05) is 17.8 Å². The zero-order valence-corrected chi connectivity index (χ0v) is 9.02. The lowest BCUT2D eigenvalue weighted by molar-refractivity contribution is 0.283. The molecule has 0 bridgehead atoms. The first kappa shape index (κ1) is 13.2. The minimum Gasteiger partial charge on any atom is -0.392 e. The van der Waals surface area contributed by atoms with Crippen molar-refractivity contribution in [1.82, 2.24) is 4.98 Å². The minimum atomic E-state index is 0. The number of nitrogens with zero attached hydrogens (tertiary/aromatic N) is 1. The van der Waals surface area contributed by atoms with Gasteiger partial charge in [0.05, 0.1) is 6.61 Å². The van der Waals surface area contributed by atoms with E-state index in [0.29, 0.717) is 0 Å². The molecule has 1 N–H and O–H groups in total. The summed E-state index contributed by atoms with van der Waals surface area (Å²) in [6, 6.07) is 7.75. The molecule has 0 unspecified atom stereocenters. The smallest absolute Gasteiger partial charge is 0.0687 e. The molecule has 0 spiro atoms. The van der Waals surface area contributed by atoms with Crippen molar-refractivity contribution in [1.29, 1.82) is 0 Å². The predicted octanol–water partition coefficient (Wildman–Crippen LogP) is 2.57. The largest absolute Gasteiger partial charge is 0.392 e. The van der Waals surface area contributed by atoms with Gasteiger partial charge in [-0.05, 0) is 17.0 Å². The van der Waals surface area contributed by atoms with E-state index in [9.17, 15) is 0 Å². The van der Waals surface area contributed by atoms with Crippen LogP contribution in [0.15, 0.2) is 36.7 Å². The third-order valence-corrected chi connectivity index (χ3v) is 1.94. The number of aliphatic hydroxyl groups is 1. The average Bonchev–Trinajstić information content (AvgIpc) is 2.17. The fraction of sp³-hybridized carbons (Fsp3) is 0.100. The van der Waals surface area contributed by atoms with Gasteiger partial charge >= 0.3 is 0 Å². The van der Waals surface area contributed by atoms with Crippen molar-refractivity contribution in [2.24, 2.45) is 0 Å². The summed E-state index contributed by atoms with van der Waals surface area (Å²) in [6.07, 6.45) is 3.54. The summed E-state index contributed by atoms with van der Waals surface area (Å²) in [5.41, 5.74) is 0.954. The van der Waals surface area contributed by atoms with Crippen molar-refractivity contribution >= 4 is 35.6 Å². The van der Waals surface area contributed by atoms with Crippen molar-refractivity contribution in [2.45, 2.75) is 6.61 Å². The Balaban J connectivity index is 0.000000845. The van der Waals surface area contributed by atoms with Crippen molar-refractivity contribution in [3.63, 3.8) is 0 Å². The van der Waals surface area contributed by atoms with Crippen LogP contribution in [0, 0.1) is 0 Å². The Bertz CT molecular complexity index is 401. The molecule has 2 rings (SSSR count). The second-order valence-corrected chi connectivity index (χ2v) is 2.67. The summed E-state index contributed by atoms with van der Waals surface area (Å²) in [7, 11) is 0. The van der Waals surface area contributed by atoms with Crippen LogP contribution in [0.3, 0.4) is 0 Å². The molecule has 0 radical (unpaired) electrons. The lowest BCUT2D eigenvalue weighted by Gasteiger charge is -2.01. The zero-order chi connectivity index (χ0) is 8.39. The maximum atomic E-state index is 9.02. The molecular formula is C10H11Cl2NO. The van der Waals surface area contributed by atoms with Gasteiger partial charge in [-0.2, -0.15) is 0 Å². The van der Waals surface area contributed by atoms with Crippen LogP contribution in [0.4, 0.5) is 0 Å². The van der Waals surface area contributed by atoms with E-state index in [4.69, 9.17) is 5.11 Å². The second kappa shape index (κ2) is 5.81. The molecule has 1 aromatic carbocycles. The number of rotatable bonds is 1. The Hall–Kier alpha value is -0.830. The SMILES string of the molecule is Cl.Cl.OCc1cccc2cnccc12. The molecule has 0 saturated heterocycles. The van der Waals surface area contributed by atoms with Crippen LogP contribution >= 0.6 is 24.8 Å². The number of halogens is 2. The van der Waals surface area contributed by atoms with Crippen LogP contribution in [0.25, 0.3) is 10.8 Å². The molecule has 0 atom stereocenters. The Labute approximate surface area is 94.8 Å². The van der Waals surface area contributed by atoms with E-state index >= 15 is 0 Å². The lowest BCUT2D eigenvalue weighted by Crippen LogP contribution is -1.85. The quantitative estimate of drug-likeness (QED) is 0.819. The summed E-state index contributed by atoms with van der Waals surface area (Å²) < 4.78 is 0. The van der Waals surface area contributed by atoms with E-state index in [1.165, 1.54) is 0 Å². The molecule has 0 fully saturated rings. The lowest BCUT2D eigenvalue weighted by atomic mass is 10.1. The van der Waals surface area contributed by atoms with Gasteiger partial charge in [-0.3, -0.25) is 4.98 Å². The van der Waals surface area contributed by atoms with E-state index < -0.39 is 0 Å². The molecule has 0 aliphatic carbocycles. The first-order chi connectivity index (χ1) is 5.92. The summed E-state index contributed by atoms with van der Waals surface area (Å²) in [6.45, 7) is 0.0847. The van der Waals surface area contributed by atoms with Crippen molar-refractivity contribution in [2.75, 3.05) is 0 Å². The second-order valence-electron chi connectivity index (χ2n) is 2.67. The Morgan fingerprint density at radius 1 is 1.14 bits per heavy atom. The van der Waals surface area contributed by atoms with Gasteiger partial charge in [0.1, 0.15) is 0 Å². The van der Waals surface area contributed by atoms with Crippen LogP contribution in [0.1, 0.15) is 5.56 Å². The molecule has 2 nitrogen and oxygen atoms in total. The number of fused-ring (bicyclic) bond motifs is 1. The van der Waals surface area contributed by atoms with Crippen molar-refractivity contribution in [3.8, 4) is 0 Å². The van der Waals surface area contributed by atoms with E-state index in [1.807, 2.05) is 24.3 Å². The summed E-state index contributed by atoms with van der Waals surface area (Å²) in [4.78, 5) is 4.01. The van der Waals surface area contributed by atoms with Gasteiger partial charge in [0.15, 0.2) is 0 Å². The third-order valence-electron chi connectivity index (χ3n) is 1.94. The van der Waals surface area contributed by atoms with Gasteiger partial charge < -0.3 is 5.11 Å². The van der Waals surface area contributed by atoms with Crippen LogP contribution in [0.5, 0.6) is 0 Å².